The summed E-state index contributed by atoms with van der Waals surface area (Å²) in [4.78, 5) is 14.4. The number of hydrogen-bond donors (Lipinski definition) is 1. The maximum Gasteiger partial charge on any atom is 0.254 e. The number of benzene rings is 1. The number of rotatable bonds is 4. The summed E-state index contributed by atoms with van der Waals surface area (Å²) in [5.74, 6) is 1.34. The molecular weight excluding hydrogens is 288 g/mol. The van der Waals surface area contributed by atoms with Gasteiger partial charge in [0.2, 0.25) is 0 Å². The van der Waals surface area contributed by atoms with Gasteiger partial charge in [0, 0.05) is 31.2 Å². The first kappa shape index (κ1) is 17.8. The van der Waals surface area contributed by atoms with Gasteiger partial charge in [0.1, 0.15) is 5.75 Å². The van der Waals surface area contributed by atoms with Crippen molar-refractivity contribution in [3.63, 3.8) is 0 Å². The molecule has 5 heteroatoms. The second kappa shape index (κ2) is 8.25. The zero-order valence-electron chi connectivity index (χ0n) is 13.0. The predicted molar refractivity (Wildman–Crippen MR) is 87.4 cm³/mol. The highest BCUT2D eigenvalue weighted by molar-refractivity contribution is 5.94. The Morgan fingerprint density at radius 2 is 2.24 bits per heavy atom. The van der Waals surface area contributed by atoms with Crippen molar-refractivity contribution in [3.05, 3.63) is 29.8 Å². The second-order valence-electron chi connectivity index (χ2n) is 5.84. The van der Waals surface area contributed by atoms with Crippen molar-refractivity contribution in [2.75, 3.05) is 26.2 Å². The Morgan fingerprint density at radius 1 is 1.48 bits per heavy atom. The lowest BCUT2D eigenvalue weighted by atomic mass is 10.1. The lowest BCUT2D eigenvalue weighted by Gasteiger charge is -2.32. The van der Waals surface area contributed by atoms with Crippen LogP contribution in [0.2, 0.25) is 0 Å². The number of hydrogen-bond acceptors (Lipinski definition) is 3. The van der Waals surface area contributed by atoms with E-state index in [1.165, 1.54) is 0 Å². The minimum atomic E-state index is 0. The number of nitrogens with zero attached hydrogens (tertiary/aromatic N) is 1. The zero-order chi connectivity index (χ0) is 14.5. The maximum atomic E-state index is 12.5. The van der Waals surface area contributed by atoms with Crippen LogP contribution in [-0.2, 0) is 0 Å². The van der Waals surface area contributed by atoms with E-state index in [1.54, 1.807) is 0 Å². The summed E-state index contributed by atoms with van der Waals surface area (Å²) < 4.78 is 5.68. The number of ether oxygens (including phenoxy) is 1. The molecule has 1 fully saturated rings. The minimum absolute atomic E-state index is 0. The highest BCUT2D eigenvalue weighted by Gasteiger charge is 2.21. The molecule has 0 spiro atoms. The van der Waals surface area contributed by atoms with Crippen LogP contribution >= 0.6 is 12.4 Å². The summed E-state index contributed by atoms with van der Waals surface area (Å²) in [5.41, 5.74) is 0.709. The molecule has 0 bridgehead atoms. The van der Waals surface area contributed by atoms with E-state index in [4.69, 9.17) is 4.74 Å². The topological polar surface area (TPSA) is 41.6 Å². The van der Waals surface area contributed by atoms with E-state index in [-0.39, 0.29) is 18.3 Å². The molecule has 21 heavy (non-hydrogen) atoms. The van der Waals surface area contributed by atoms with Gasteiger partial charge in [-0.3, -0.25) is 4.79 Å². The number of carbonyl (C=O) groups is 1. The van der Waals surface area contributed by atoms with Crippen LogP contribution in [0.25, 0.3) is 0 Å². The van der Waals surface area contributed by atoms with Gasteiger partial charge in [-0.1, -0.05) is 19.9 Å². The van der Waals surface area contributed by atoms with Crippen molar-refractivity contribution in [1.82, 2.24) is 10.2 Å². The van der Waals surface area contributed by atoms with Crippen LogP contribution in [0.15, 0.2) is 24.3 Å². The molecule has 0 aromatic heterocycles. The Morgan fingerprint density at radius 3 is 2.90 bits per heavy atom. The van der Waals surface area contributed by atoms with Crippen molar-refractivity contribution in [2.45, 2.75) is 26.8 Å². The molecule has 1 amide bonds. The summed E-state index contributed by atoms with van der Waals surface area (Å²) >= 11 is 0. The third-order valence-corrected chi connectivity index (χ3v) is 3.32. The molecule has 0 saturated carbocycles. The SMILES string of the molecule is CC(C)COc1cccc(C(=O)N2CCNC(C)C2)c1.Cl. The molecule has 1 saturated heterocycles. The third kappa shape index (κ3) is 5.21. The Labute approximate surface area is 133 Å². The highest BCUT2D eigenvalue weighted by Crippen LogP contribution is 2.16. The highest BCUT2D eigenvalue weighted by atomic mass is 35.5. The molecule has 0 radical (unpaired) electrons. The summed E-state index contributed by atoms with van der Waals surface area (Å²) in [7, 11) is 0. The van der Waals surface area contributed by atoms with Gasteiger partial charge in [0.25, 0.3) is 5.91 Å². The van der Waals surface area contributed by atoms with Gasteiger partial charge in [0.15, 0.2) is 0 Å². The van der Waals surface area contributed by atoms with Gasteiger partial charge in [-0.05, 0) is 31.0 Å². The van der Waals surface area contributed by atoms with Crippen LogP contribution in [0, 0.1) is 5.92 Å². The fourth-order valence-electron chi connectivity index (χ4n) is 2.28. The first-order chi connectivity index (χ1) is 9.56. The van der Waals surface area contributed by atoms with Crippen LogP contribution in [0.3, 0.4) is 0 Å². The van der Waals surface area contributed by atoms with Crippen LogP contribution in [-0.4, -0.2) is 43.1 Å². The van der Waals surface area contributed by atoms with Gasteiger partial charge in [-0.2, -0.15) is 0 Å². The number of halogens is 1. The van der Waals surface area contributed by atoms with E-state index in [9.17, 15) is 4.79 Å². The Kier molecular flexibility index (Phi) is 6.99. The van der Waals surface area contributed by atoms with Crippen molar-refractivity contribution in [1.29, 1.82) is 0 Å². The smallest absolute Gasteiger partial charge is 0.254 e. The van der Waals surface area contributed by atoms with Crippen molar-refractivity contribution in [3.8, 4) is 5.75 Å². The van der Waals surface area contributed by atoms with E-state index in [0.717, 1.165) is 25.4 Å². The van der Waals surface area contributed by atoms with Crippen molar-refractivity contribution < 1.29 is 9.53 Å². The van der Waals surface area contributed by atoms with E-state index in [1.807, 2.05) is 29.2 Å². The Bertz CT molecular complexity index is 465. The summed E-state index contributed by atoms with van der Waals surface area (Å²) in [5, 5.41) is 3.34. The quantitative estimate of drug-likeness (QED) is 0.929. The number of carbonyl (C=O) groups excluding carboxylic acids is 1. The monoisotopic (exact) mass is 312 g/mol. The fraction of sp³-hybridized carbons (Fsp3) is 0.562. The molecule has 1 aliphatic rings. The average Bonchev–Trinajstić information content (AvgIpc) is 2.44. The number of amides is 1. The number of nitrogens with one attached hydrogen (secondary N) is 1. The molecule has 1 N–H and O–H groups in total. The molecule has 2 rings (SSSR count). The van der Waals surface area contributed by atoms with Gasteiger partial charge in [0.05, 0.1) is 6.61 Å². The zero-order valence-corrected chi connectivity index (χ0v) is 13.8. The van der Waals surface area contributed by atoms with Gasteiger partial charge in [-0.25, -0.2) is 0 Å². The molecule has 0 aliphatic carbocycles. The first-order valence-corrected chi connectivity index (χ1v) is 7.32. The molecule has 1 aromatic rings. The molecular formula is C16H25ClN2O2. The molecule has 1 unspecified atom stereocenters. The molecule has 118 valence electrons. The first-order valence-electron chi connectivity index (χ1n) is 7.32. The van der Waals surface area contributed by atoms with Crippen LogP contribution in [0.5, 0.6) is 5.75 Å². The molecule has 1 atom stereocenters. The second-order valence-corrected chi connectivity index (χ2v) is 5.84. The van der Waals surface area contributed by atoms with Crippen LogP contribution in [0.4, 0.5) is 0 Å². The normalized spacial score (nSPS) is 18.3. The largest absolute Gasteiger partial charge is 0.493 e. The minimum Gasteiger partial charge on any atom is -0.493 e. The maximum absolute atomic E-state index is 12.5. The summed E-state index contributed by atoms with van der Waals surface area (Å²) in [6, 6.07) is 7.84. The van der Waals surface area contributed by atoms with Crippen molar-refractivity contribution >= 4 is 18.3 Å². The van der Waals surface area contributed by atoms with E-state index >= 15 is 0 Å². The lowest BCUT2D eigenvalue weighted by molar-refractivity contribution is 0.0708. The van der Waals surface area contributed by atoms with Crippen LogP contribution < -0.4 is 10.1 Å². The molecule has 1 heterocycles. The Balaban J connectivity index is 0.00000220. The summed E-state index contributed by atoms with van der Waals surface area (Å²) in [6.07, 6.45) is 0. The van der Waals surface area contributed by atoms with Gasteiger partial charge in [-0.15, -0.1) is 12.4 Å². The Hall–Kier alpha value is -1.26. The standard InChI is InChI=1S/C16H24N2O2.ClH/c1-12(2)11-20-15-6-4-5-14(9-15)16(19)18-8-7-17-13(3)10-18;/h4-6,9,12-13,17H,7-8,10-11H2,1-3H3;1H. The van der Waals surface area contributed by atoms with Crippen LogP contribution in [0.1, 0.15) is 31.1 Å². The van der Waals surface area contributed by atoms with Gasteiger partial charge < -0.3 is 15.0 Å². The average molecular weight is 313 g/mol. The lowest BCUT2D eigenvalue weighted by Crippen LogP contribution is -2.51. The van der Waals surface area contributed by atoms with E-state index in [0.29, 0.717) is 24.1 Å². The van der Waals surface area contributed by atoms with E-state index in [2.05, 4.69) is 26.1 Å². The number of piperazine rings is 1. The predicted octanol–water partition coefficient (Wildman–Crippen LogP) is 2.58. The van der Waals surface area contributed by atoms with E-state index < -0.39 is 0 Å². The third-order valence-electron chi connectivity index (χ3n) is 3.32. The molecule has 4 nitrogen and oxygen atoms in total. The van der Waals surface area contributed by atoms with Crippen molar-refractivity contribution in [2.24, 2.45) is 5.92 Å². The fourth-order valence-corrected chi connectivity index (χ4v) is 2.28. The molecule has 1 aromatic carbocycles. The van der Waals surface area contributed by atoms with Gasteiger partial charge >= 0.3 is 0 Å². The molecule has 1 aliphatic heterocycles. The summed E-state index contributed by atoms with van der Waals surface area (Å²) in [6.45, 7) is 9.37.